The van der Waals surface area contributed by atoms with E-state index in [0.717, 1.165) is 28.9 Å². The zero-order valence-corrected chi connectivity index (χ0v) is 14.6. The van der Waals surface area contributed by atoms with Crippen LogP contribution in [0.25, 0.3) is 0 Å². The number of carbonyl (C=O) groups excluding carboxylic acids is 1. The SMILES string of the molecule is CC(N)C(=O)N1c2ccccc2CC1C1=Nc2cc(C(F)(F)F)ccc2C1. The van der Waals surface area contributed by atoms with Crippen LogP contribution in [0.1, 0.15) is 23.6 Å². The van der Waals surface area contributed by atoms with E-state index in [9.17, 15) is 18.0 Å². The van der Waals surface area contributed by atoms with Crippen molar-refractivity contribution < 1.29 is 18.0 Å². The van der Waals surface area contributed by atoms with E-state index in [0.29, 0.717) is 24.2 Å². The quantitative estimate of drug-likeness (QED) is 0.874. The molecule has 2 aromatic carbocycles. The van der Waals surface area contributed by atoms with Gasteiger partial charge in [0.2, 0.25) is 5.91 Å². The third-order valence-corrected chi connectivity index (χ3v) is 5.04. The van der Waals surface area contributed by atoms with Crippen molar-refractivity contribution in [3.63, 3.8) is 0 Å². The Morgan fingerprint density at radius 3 is 2.67 bits per heavy atom. The smallest absolute Gasteiger partial charge is 0.320 e. The van der Waals surface area contributed by atoms with Crippen LogP contribution in [-0.4, -0.2) is 23.7 Å². The van der Waals surface area contributed by atoms with Crippen molar-refractivity contribution in [3.8, 4) is 0 Å². The van der Waals surface area contributed by atoms with E-state index in [4.69, 9.17) is 5.73 Å². The topological polar surface area (TPSA) is 58.7 Å². The number of rotatable bonds is 2. The Labute approximate surface area is 154 Å². The van der Waals surface area contributed by atoms with Crippen molar-refractivity contribution in [1.29, 1.82) is 0 Å². The first-order valence-corrected chi connectivity index (χ1v) is 8.70. The molecule has 140 valence electrons. The van der Waals surface area contributed by atoms with Crippen molar-refractivity contribution in [2.45, 2.75) is 38.0 Å². The molecule has 2 aliphatic rings. The van der Waals surface area contributed by atoms with E-state index >= 15 is 0 Å². The van der Waals surface area contributed by atoms with Gasteiger partial charge in [0.05, 0.1) is 23.3 Å². The molecule has 7 heteroatoms. The Morgan fingerprint density at radius 1 is 1.22 bits per heavy atom. The maximum Gasteiger partial charge on any atom is 0.416 e. The number of nitrogens with two attached hydrogens (primary N) is 1. The molecule has 0 aromatic heterocycles. The minimum absolute atomic E-state index is 0.223. The summed E-state index contributed by atoms with van der Waals surface area (Å²) in [6.45, 7) is 1.63. The number of nitrogens with zero attached hydrogens (tertiary/aromatic N) is 2. The van der Waals surface area contributed by atoms with Gasteiger partial charge in [0.15, 0.2) is 0 Å². The predicted molar refractivity (Wildman–Crippen MR) is 97.3 cm³/mol. The molecule has 4 rings (SSSR count). The van der Waals surface area contributed by atoms with E-state index in [1.807, 2.05) is 24.3 Å². The van der Waals surface area contributed by atoms with Gasteiger partial charge in [-0.05, 0) is 36.2 Å². The van der Waals surface area contributed by atoms with Crippen LogP contribution < -0.4 is 10.6 Å². The van der Waals surface area contributed by atoms with Crippen LogP contribution >= 0.6 is 0 Å². The molecule has 2 unspecified atom stereocenters. The molecule has 0 saturated heterocycles. The van der Waals surface area contributed by atoms with E-state index in [1.54, 1.807) is 11.8 Å². The van der Waals surface area contributed by atoms with Gasteiger partial charge in [0, 0.05) is 24.2 Å². The number of halogens is 3. The van der Waals surface area contributed by atoms with Crippen LogP contribution in [0.15, 0.2) is 47.5 Å². The minimum Gasteiger partial charge on any atom is -0.320 e. The molecule has 1 amide bonds. The third kappa shape index (κ3) is 3.02. The maximum absolute atomic E-state index is 13.0. The van der Waals surface area contributed by atoms with Gasteiger partial charge in [0.1, 0.15) is 0 Å². The van der Waals surface area contributed by atoms with Crippen LogP contribution in [0.5, 0.6) is 0 Å². The number of amides is 1. The zero-order valence-electron chi connectivity index (χ0n) is 14.6. The van der Waals surface area contributed by atoms with Gasteiger partial charge < -0.3 is 10.6 Å². The number of benzene rings is 2. The molecular weight excluding hydrogens is 355 g/mol. The maximum atomic E-state index is 13.0. The molecule has 2 atom stereocenters. The van der Waals surface area contributed by atoms with Gasteiger partial charge in [0.25, 0.3) is 0 Å². The highest BCUT2D eigenvalue weighted by Gasteiger charge is 2.39. The minimum atomic E-state index is -4.41. The normalized spacial score (nSPS) is 19.5. The number of anilines is 1. The first-order valence-electron chi connectivity index (χ1n) is 8.70. The summed E-state index contributed by atoms with van der Waals surface area (Å²) >= 11 is 0. The summed E-state index contributed by atoms with van der Waals surface area (Å²) in [5.41, 5.74) is 8.66. The monoisotopic (exact) mass is 373 g/mol. The number of alkyl halides is 3. The number of para-hydroxylation sites is 1. The largest absolute Gasteiger partial charge is 0.416 e. The zero-order chi connectivity index (χ0) is 19.3. The summed E-state index contributed by atoms with van der Waals surface area (Å²) in [5.74, 6) is -0.223. The Balaban J connectivity index is 1.71. The van der Waals surface area contributed by atoms with Crippen molar-refractivity contribution in [3.05, 3.63) is 59.2 Å². The van der Waals surface area contributed by atoms with Crippen LogP contribution in [0.2, 0.25) is 0 Å². The van der Waals surface area contributed by atoms with Crippen LogP contribution in [0, 0.1) is 0 Å². The van der Waals surface area contributed by atoms with E-state index in [-0.39, 0.29) is 11.9 Å². The Kier molecular flexibility index (Phi) is 4.07. The number of hydrogen-bond donors (Lipinski definition) is 1. The molecule has 2 heterocycles. The molecule has 0 fully saturated rings. The van der Waals surface area contributed by atoms with Crippen molar-refractivity contribution in [1.82, 2.24) is 0 Å². The molecular formula is C20H18F3N3O. The summed E-state index contributed by atoms with van der Waals surface area (Å²) in [5, 5.41) is 0. The average molecular weight is 373 g/mol. The summed E-state index contributed by atoms with van der Waals surface area (Å²) in [4.78, 5) is 18.8. The molecule has 2 N–H and O–H groups in total. The molecule has 0 radical (unpaired) electrons. The van der Waals surface area contributed by atoms with Gasteiger partial charge in [-0.2, -0.15) is 13.2 Å². The lowest BCUT2D eigenvalue weighted by molar-refractivity contribution is -0.137. The van der Waals surface area contributed by atoms with Crippen molar-refractivity contribution in [2.75, 3.05) is 4.90 Å². The Bertz CT molecular complexity index is 950. The highest BCUT2D eigenvalue weighted by Crippen LogP contribution is 2.39. The first kappa shape index (κ1) is 17.7. The molecule has 2 aromatic rings. The van der Waals surface area contributed by atoms with Gasteiger partial charge in [-0.1, -0.05) is 24.3 Å². The average Bonchev–Trinajstić information content (AvgIpc) is 3.20. The molecule has 0 spiro atoms. The number of aliphatic imine (C=N–C) groups is 1. The van der Waals surface area contributed by atoms with Crippen molar-refractivity contribution in [2.24, 2.45) is 10.7 Å². The summed E-state index contributed by atoms with van der Waals surface area (Å²) in [7, 11) is 0. The second-order valence-electron chi connectivity index (χ2n) is 6.97. The fourth-order valence-corrected chi connectivity index (χ4v) is 3.72. The molecule has 0 saturated carbocycles. The van der Waals surface area contributed by atoms with E-state index in [1.165, 1.54) is 6.07 Å². The van der Waals surface area contributed by atoms with Gasteiger partial charge in [-0.3, -0.25) is 9.79 Å². The van der Waals surface area contributed by atoms with Crippen LogP contribution in [0.3, 0.4) is 0 Å². The molecule has 0 bridgehead atoms. The summed E-state index contributed by atoms with van der Waals surface area (Å²) in [6.07, 6.45) is -3.41. The predicted octanol–water partition coefficient (Wildman–Crippen LogP) is 3.64. The van der Waals surface area contributed by atoms with Gasteiger partial charge in [-0.25, -0.2) is 0 Å². The van der Waals surface area contributed by atoms with Crippen LogP contribution in [-0.2, 0) is 23.8 Å². The third-order valence-electron chi connectivity index (χ3n) is 5.04. The van der Waals surface area contributed by atoms with E-state index in [2.05, 4.69) is 4.99 Å². The summed E-state index contributed by atoms with van der Waals surface area (Å²) in [6, 6.07) is 10.2. The number of carbonyl (C=O) groups is 1. The molecule has 4 nitrogen and oxygen atoms in total. The Morgan fingerprint density at radius 2 is 1.96 bits per heavy atom. The molecule has 27 heavy (non-hydrogen) atoms. The lowest BCUT2D eigenvalue weighted by Gasteiger charge is -2.27. The fourth-order valence-electron chi connectivity index (χ4n) is 3.72. The lowest BCUT2D eigenvalue weighted by Crippen LogP contribution is -2.49. The Hall–Kier alpha value is -2.67. The first-order chi connectivity index (χ1) is 12.8. The highest BCUT2D eigenvalue weighted by molar-refractivity contribution is 6.09. The molecule has 0 aliphatic carbocycles. The summed E-state index contributed by atoms with van der Waals surface area (Å²) < 4.78 is 38.9. The van der Waals surface area contributed by atoms with Gasteiger partial charge in [-0.15, -0.1) is 0 Å². The number of fused-ring (bicyclic) bond motifs is 2. The second-order valence-corrected chi connectivity index (χ2v) is 6.97. The molecule has 2 aliphatic heterocycles. The van der Waals surface area contributed by atoms with Crippen molar-refractivity contribution >= 4 is 23.0 Å². The highest BCUT2D eigenvalue weighted by atomic mass is 19.4. The van der Waals surface area contributed by atoms with Gasteiger partial charge >= 0.3 is 6.18 Å². The van der Waals surface area contributed by atoms with E-state index < -0.39 is 17.8 Å². The van der Waals surface area contributed by atoms with Crippen LogP contribution in [0.4, 0.5) is 24.5 Å². The number of hydrogen-bond acceptors (Lipinski definition) is 3. The second kappa shape index (κ2) is 6.20. The standard InChI is InChI=1S/C20H18F3N3O/c1-11(24)19(27)26-17-5-3-2-4-13(17)9-18(26)16-8-12-6-7-14(20(21,22)23)10-15(12)25-16/h2-7,10-11,18H,8-9,24H2,1H3. The lowest BCUT2D eigenvalue weighted by atomic mass is 10.0. The fraction of sp³-hybridized carbons (Fsp3) is 0.300.